The number of carbonyl (C=O) groups excluding carboxylic acids is 2. The molecule has 1 aliphatic rings. The summed E-state index contributed by atoms with van der Waals surface area (Å²) in [7, 11) is 1.77. The first kappa shape index (κ1) is 15.3. The first-order valence-corrected chi connectivity index (χ1v) is 7.05. The van der Waals surface area contributed by atoms with Gasteiger partial charge >= 0.3 is 0 Å². The standard InChI is InChI=1S/C15H21N3O3/c1-18(13-6-8-21-9-7-13)14(19)10-17-15(20)11-2-4-12(16)5-3-11/h2-5,13H,6-10,16H2,1H3,(H,17,20). The van der Waals surface area contributed by atoms with Crippen molar-refractivity contribution < 1.29 is 14.3 Å². The zero-order valence-electron chi connectivity index (χ0n) is 12.2. The second-order valence-electron chi connectivity index (χ2n) is 5.15. The van der Waals surface area contributed by atoms with Gasteiger partial charge in [0.25, 0.3) is 5.91 Å². The molecule has 2 amide bonds. The minimum Gasteiger partial charge on any atom is -0.399 e. The van der Waals surface area contributed by atoms with Gasteiger partial charge in [0.15, 0.2) is 0 Å². The Labute approximate surface area is 124 Å². The lowest BCUT2D eigenvalue weighted by atomic mass is 10.1. The summed E-state index contributed by atoms with van der Waals surface area (Å²) in [6.07, 6.45) is 1.68. The first-order chi connectivity index (χ1) is 10.1. The lowest BCUT2D eigenvalue weighted by Gasteiger charge is -2.31. The maximum Gasteiger partial charge on any atom is 0.251 e. The fourth-order valence-corrected chi connectivity index (χ4v) is 2.29. The van der Waals surface area contributed by atoms with E-state index in [4.69, 9.17) is 10.5 Å². The summed E-state index contributed by atoms with van der Waals surface area (Å²) in [6.45, 7) is 1.36. The van der Waals surface area contributed by atoms with E-state index in [9.17, 15) is 9.59 Å². The normalized spacial score (nSPS) is 15.5. The summed E-state index contributed by atoms with van der Waals surface area (Å²) in [5.74, 6) is -0.366. The Morgan fingerprint density at radius 1 is 1.29 bits per heavy atom. The molecular formula is C15H21N3O3. The molecule has 6 nitrogen and oxygen atoms in total. The van der Waals surface area contributed by atoms with Crippen molar-refractivity contribution in [2.75, 3.05) is 32.5 Å². The quantitative estimate of drug-likeness (QED) is 0.797. The van der Waals surface area contributed by atoms with Gasteiger partial charge < -0.3 is 20.7 Å². The van der Waals surface area contributed by atoms with Gasteiger partial charge in [-0.2, -0.15) is 0 Å². The molecule has 1 saturated heterocycles. The Hall–Kier alpha value is -2.08. The predicted octanol–water partition coefficient (Wildman–Crippen LogP) is 0.636. The Balaban J connectivity index is 1.82. The van der Waals surface area contributed by atoms with E-state index in [1.807, 2.05) is 0 Å². The fourth-order valence-electron chi connectivity index (χ4n) is 2.29. The molecule has 0 atom stereocenters. The van der Waals surface area contributed by atoms with Crippen LogP contribution in [0.3, 0.4) is 0 Å². The zero-order valence-corrected chi connectivity index (χ0v) is 12.2. The van der Waals surface area contributed by atoms with Gasteiger partial charge in [-0.25, -0.2) is 0 Å². The topological polar surface area (TPSA) is 84.7 Å². The molecule has 1 aliphatic heterocycles. The van der Waals surface area contributed by atoms with Gasteiger partial charge in [0.2, 0.25) is 5.91 Å². The molecule has 1 heterocycles. The SMILES string of the molecule is CN(C(=O)CNC(=O)c1ccc(N)cc1)C1CCOCC1. The number of nitrogens with zero attached hydrogens (tertiary/aromatic N) is 1. The molecule has 6 heteroatoms. The molecule has 1 aromatic rings. The van der Waals surface area contributed by atoms with Crippen LogP contribution in [0, 0.1) is 0 Å². The number of amides is 2. The fraction of sp³-hybridized carbons (Fsp3) is 0.467. The molecule has 21 heavy (non-hydrogen) atoms. The number of hydrogen-bond donors (Lipinski definition) is 2. The highest BCUT2D eigenvalue weighted by atomic mass is 16.5. The van der Waals surface area contributed by atoms with Gasteiger partial charge in [-0.3, -0.25) is 9.59 Å². The molecule has 1 fully saturated rings. The van der Waals surface area contributed by atoms with Crippen LogP contribution in [0.1, 0.15) is 23.2 Å². The van der Waals surface area contributed by atoms with Crippen LogP contribution in [0.4, 0.5) is 5.69 Å². The van der Waals surface area contributed by atoms with Gasteiger partial charge in [0.1, 0.15) is 0 Å². The molecule has 0 aliphatic carbocycles. The van der Waals surface area contributed by atoms with Gasteiger partial charge in [0, 0.05) is 37.6 Å². The summed E-state index contributed by atoms with van der Waals surface area (Å²) in [4.78, 5) is 25.7. The highest BCUT2D eigenvalue weighted by molar-refractivity contribution is 5.96. The van der Waals surface area contributed by atoms with Crippen LogP contribution < -0.4 is 11.1 Å². The summed E-state index contributed by atoms with van der Waals surface area (Å²) in [6, 6.07) is 6.78. The molecule has 0 unspecified atom stereocenters. The monoisotopic (exact) mass is 291 g/mol. The Morgan fingerprint density at radius 3 is 2.52 bits per heavy atom. The second-order valence-corrected chi connectivity index (χ2v) is 5.15. The third kappa shape index (κ3) is 4.19. The van der Waals surface area contributed by atoms with Crippen molar-refractivity contribution in [3.8, 4) is 0 Å². The lowest BCUT2D eigenvalue weighted by Crippen LogP contribution is -2.45. The molecule has 0 saturated carbocycles. The zero-order chi connectivity index (χ0) is 15.2. The number of carbonyl (C=O) groups is 2. The number of anilines is 1. The average Bonchev–Trinajstić information content (AvgIpc) is 2.53. The van der Waals surface area contributed by atoms with E-state index >= 15 is 0 Å². The predicted molar refractivity (Wildman–Crippen MR) is 79.8 cm³/mol. The van der Waals surface area contributed by atoms with Crippen LogP contribution in [0.5, 0.6) is 0 Å². The van der Waals surface area contributed by atoms with E-state index in [2.05, 4.69) is 5.32 Å². The molecule has 1 aromatic carbocycles. The minimum atomic E-state index is -0.274. The Kier molecular flexibility index (Phi) is 5.16. The molecule has 0 spiro atoms. The number of nitrogen functional groups attached to an aromatic ring is 1. The maximum absolute atomic E-state index is 12.1. The van der Waals surface area contributed by atoms with Crippen molar-refractivity contribution in [3.63, 3.8) is 0 Å². The smallest absolute Gasteiger partial charge is 0.251 e. The van der Waals surface area contributed by atoms with Gasteiger partial charge in [0.05, 0.1) is 6.54 Å². The van der Waals surface area contributed by atoms with Crippen molar-refractivity contribution in [1.29, 1.82) is 0 Å². The number of nitrogens with one attached hydrogen (secondary N) is 1. The number of rotatable bonds is 4. The van der Waals surface area contributed by atoms with E-state index in [-0.39, 0.29) is 24.4 Å². The molecule has 3 N–H and O–H groups in total. The number of ether oxygens (including phenoxy) is 1. The minimum absolute atomic E-state index is 0.00291. The number of benzene rings is 1. The van der Waals surface area contributed by atoms with Gasteiger partial charge in [-0.15, -0.1) is 0 Å². The Bertz CT molecular complexity index is 495. The van der Waals surface area contributed by atoms with Crippen molar-refractivity contribution >= 4 is 17.5 Å². The van der Waals surface area contributed by atoms with E-state index in [0.29, 0.717) is 24.5 Å². The Morgan fingerprint density at radius 2 is 1.90 bits per heavy atom. The van der Waals surface area contributed by atoms with Crippen LogP contribution in [0.15, 0.2) is 24.3 Å². The molecule has 0 bridgehead atoms. The van der Waals surface area contributed by atoms with Crippen LogP contribution in [-0.2, 0) is 9.53 Å². The van der Waals surface area contributed by atoms with Crippen LogP contribution >= 0.6 is 0 Å². The maximum atomic E-state index is 12.1. The number of nitrogens with two attached hydrogens (primary N) is 1. The summed E-state index contributed by atoms with van der Waals surface area (Å²) in [5.41, 5.74) is 6.66. The highest BCUT2D eigenvalue weighted by Crippen LogP contribution is 2.12. The van der Waals surface area contributed by atoms with Crippen LogP contribution in [0.25, 0.3) is 0 Å². The van der Waals surface area contributed by atoms with Crippen molar-refractivity contribution in [2.24, 2.45) is 0 Å². The second kappa shape index (κ2) is 7.08. The van der Waals surface area contributed by atoms with E-state index in [1.54, 1.807) is 36.2 Å². The number of hydrogen-bond acceptors (Lipinski definition) is 4. The summed E-state index contributed by atoms with van der Waals surface area (Å²) >= 11 is 0. The first-order valence-electron chi connectivity index (χ1n) is 7.05. The van der Waals surface area contributed by atoms with E-state index in [1.165, 1.54) is 0 Å². The molecule has 114 valence electrons. The molecule has 2 rings (SSSR count). The largest absolute Gasteiger partial charge is 0.399 e. The third-order valence-corrected chi connectivity index (χ3v) is 3.70. The molecular weight excluding hydrogens is 270 g/mol. The summed E-state index contributed by atoms with van der Waals surface area (Å²) in [5, 5.41) is 2.64. The number of likely N-dealkylation sites (N-methyl/N-ethyl adjacent to an activating group) is 1. The van der Waals surface area contributed by atoms with Crippen molar-refractivity contribution in [1.82, 2.24) is 10.2 Å². The lowest BCUT2D eigenvalue weighted by molar-refractivity contribution is -0.132. The molecule has 0 radical (unpaired) electrons. The summed E-state index contributed by atoms with van der Waals surface area (Å²) < 4.78 is 5.28. The average molecular weight is 291 g/mol. The highest BCUT2D eigenvalue weighted by Gasteiger charge is 2.22. The van der Waals surface area contributed by atoms with E-state index in [0.717, 1.165) is 12.8 Å². The van der Waals surface area contributed by atoms with E-state index < -0.39 is 0 Å². The van der Waals surface area contributed by atoms with Crippen LogP contribution in [-0.4, -0.2) is 49.6 Å². The van der Waals surface area contributed by atoms with Crippen molar-refractivity contribution in [2.45, 2.75) is 18.9 Å². The van der Waals surface area contributed by atoms with Crippen LogP contribution in [0.2, 0.25) is 0 Å². The van der Waals surface area contributed by atoms with Crippen molar-refractivity contribution in [3.05, 3.63) is 29.8 Å². The third-order valence-electron chi connectivity index (χ3n) is 3.70. The molecule has 0 aromatic heterocycles. The van der Waals surface area contributed by atoms with Gasteiger partial charge in [-0.1, -0.05) is 0 Å². The van der Waals surface area contributed by atoms with Gasteiger partial charge in [-0.05, 0) is 37.1 Å².